The van der Waals surface area contributed by atoms with Gasteiger partial charge in [-0.1, -0.05) is 36.4 Å². The number of nitrogens with one attached hydrogen (secondary N) is 1. The second-order valence-electron chi connectivity index (χ2n) is 6.88. The molecule has 0 bridgehead atoms. The Bertz CT molecular complexity index is 787. The van der Waals surface area contributed by atoms with Crippen molar-refractivity contribution in [3.63, 3.8) is 0 Å². The summed E-state index contributed by atoms with van der Waals surface area (Å²) in [5.74, 6) is 0.950. The van der Waals surface area contributed by atoms with Gasteiger partial charge in [0.2, 0.25) is 11.8 Å². The van der Waals surface area contributed by atoms with Gasteiger partial charge in [-0.2, -0.15) is 0 Å². The number of anilines is 1. The lowest BCUT2D eigenvalue weighted by Gasteiger charge is -2.34. The molecule has 1 saturated heterocycles. The van der Waals surface area contributed by atoms with E-state index in [4.69, 9.17) is 4.74 Å². The number of carbonyl (C=O) groups is 2. The fourth-order valence-corrected chi connectivity index (χ4v) is 3.39. The Morgan fingerprint density at radius 1 is 0.964 bits per heavy atom. The minimum atomic E-state index is -0.0258. The van der Waals surface area contributed by atoms with Crippen LogP contribution in [0.4, 0.5) is 5.69 Å². The maximum atomic E-state index is 12.5. The molecule has 0 unspecified atom stereocenters. The SMILES string of the molecule is COc1ccccc1CCC(=O)N1CCN(CC(=O)Nc2ccccc2)CC1. The summed E-state index contributed by atoms with van der Waals surface area (Å²) in [7, 11) is 1.65. The van der Waals surface area contributed by atoms with Crippen LogP contribution in [0.3, 0.4) is 0 Å². The molecule has 0 saturated carbocycles. The molecular weight excluding hydrogens is 354 g/mol. The Hall–Kier alpha value is -2.86. The summed E-state index contributed by atoms with van der Waals surface area (Å²) in [6.07, 6.45) is 1.14. The molecule has 3 rings (SSSR count). The number of para-hydroxylation sites is 2. The highest BCUT2D eigenvalue weighted by molar-refractivity contribution is 5.92. The van der Waals surface area contributed by atoms with E-state index in [-0.39, 0.29) is 11.8 Å². The number of hydrogen-bond donors (Lipinski definition) is 1. The molecule has 6 nitrogen and oxygen atoms in total. The van der Waals surface area contributed by atoms with Gasteiger partial charge in [-0.3, -0.25) is 14.5 Å². The highest BCUT2D eigenvalue weighted by Gasteiger charge is 2.22. The first-order chi connectivity index (χ1) is 13.7. The molecule has 0 atom stereocenters. The molecule has 1 fully saturated rings. The Kier molecular flexibility index (Phi) is 7.03. The lowest BCUT2D eigenvalue weighted by Crippen LogP contribution is -2.50. The summed E-state index contributed by atoms with van der Waals surface area (Å²) < 4.78 is 5.35. The number of carbonyl (C=O) groups excluding carboxylic acids is 2. The zero-order chi connectivity index (χ0) is 19.8. The molecule has 2 amide bonds. The van der Waals surface area contributed by atoms with E-state index in [0.717, 1.165) is 17.0 Å². The van der Waals surface area contributed by atoms with Gasteiger partial charge >= 0.3 is 0 Å². The number of amides is 2. The Morgan fingerprint density at radius 2 is 1.64 bits per heavy atom. The third-order valence-corrected chi connectivity index (χ3v) is 4.95. The number of methoxy groups -OCH3 is 1. The number of ether oxygens (including phenoxy) is 1. The fourth-order valence-electron chi connectivity index (χ4n) is 3.39. The number of benzene rings is 2. The third-order valence-electron chi connectivity index (χ3n) is 4.95. The quantitative estimate of drug-likeness (QED) is 0.800. The third kappa shape index (κ3) is 5.57. The Balaban J connectivity index is 1.40. The molecule has 1 N–H and O–H groups in total. The molecule has 1 heterocycles. The van der Waals surface area contributed by atoms with Crippen LogP contribution in [0.2, 0.25) is 0 Å². The summed E-state index contributed by atoms with van der Waals surface area (Å²) >= 11 is 0. The number of nitrogens with zero attached hydrogens (tertiary/aromatic N) is 2. The van der Waals surface area contributed by atoms with Crippen LogP contribution in [0.25, 0.3) is 0 Å². The highest BCUT2D eigenvalue weighted by Crippen LogP contribution is 2.19. The fraction of sp³-hybridized carbons (Fsp3) is 0.364. The monoisotopic (exact) mass is 381 g/mol. The predicted molar refractivity (Wildman–Crippen MR) is 109 cm³/mol. The summed E-state index contributed by atoms with van der Waals surface area (Å²) in [6.45, 7) is 3.08. The lowest BCUT2D eigenvalue weighted by atomic mass is 10.1. The molecule has 0 aromatic heterocycles. The zero-order valence-electron chi connectivity index (χ0n) is 16.3. The number of hydrogen-bond acceptors (Lipinski definition) is 4. The summed E-state index contributed by atoms with van der Waals surface area (Å²) in [5, 5.41) is 2.90. The van der Waals surface area contributed by atoms with Gasteiger partial charge in [-0.05, 0) is 30.2 Å². The van der Waals surface area contributed by atoms with E-state index in [9.17, 15) is 9.59 Å². The second-order valence-corrected chi connectivity index (χ2v) is 6.88. The van der Waals surface area contributed by atoms with Crippen molar-refractivity contribution in [2.45, 2.75) is 12.8 Å². The van der Waals surface area contributed by atoms with Crippen LogP contribution >= 0.6 is 0 Å². The van der Waals surface area contributed by atoms with Crippen LogP contribution in [-0.2, 0) is 16.0 Å². The topological polar surface area (TPSA) is 61.9 Å². The number of rotatable bonds is 7. The average molecular weight is 381 g/mol. The van der Waals surface area contributed by atoms with E-state index >= 15 is 0 Å². The molecule has 0 spiro atoms. The summed E-state index contributed by atoms with van der Waals surface area (Å²) in [4.78, 5) is 28.7. The van der Waals surface area contributed by atoms with Crippen molar-refractivity contribution in [3.05, 3.63) is 60.2 Å². The van der Waals surface area contributed by atoms with Gasteiger partial charge in [0.15, 0.2) is 0 Å². The van der Waals surface area contributed by atoms with E-state index in [2.05, 4.69) is 10.2 Å². The largest absolute Gasteiger partial charge is 0.496 e. The van der Waals surface area contributed by atoms with Gasteiger partial charge in [-0.15, -0.1) is 0 Å². The average Bonchev–Trinajstić information content (AvgIpc) is 2.73. The van der Waals surface area contributed by atoms with Crippen LogP contribution in [-0.4, -0.2) is 61.4 Å². The van der Waals surface area contributed by atoms with Crippen LogP contribution in [0, 0.1) is 0 Å². The van der Waals surface area contributed by atoms with E-state index in [0.29, 0.717) is 45.6 Å². The molecule has 148 valence electrons. The second kappa shape index (κ2) is 9.90. The number of aryl methyl sites for hydroxylation is 1. The molecule has 2 aromatic rings. The van der Waals surface area contributed by atoms with Gasteiger partial charge in [-0.25, -0.2) is 0 Å². The van der Waals surface area contributed by atoms with Gasteiger partial charge < -0.3 is 15.0 Å². The van der Waals surface area contributed by atoms with Gasteiger partial charge in [0, 0.05) is 38.3 Å². The Morgan fingerprint density at radius 3 is 2.36 bits per heavy atom. The highest BCUT2D eigenvalue weighted by atomic mass is 16.5. The van der Waals surface area contributed by atoms with Crippen molar-refractivity contribution in [1.29, 1.82) is 0 Å². The van der Waals surface area contributed by atoms with Crippen molar-refractivity contribution in [1.82, 2.24) is 9.80 Å². The molecule has 0 radical (unpaired) electrons. The zero-order valence-corrected chi connectivity index (χ0v) is 16.3. The number of piperazine rings is 1. The first-order valence-corrected chi connectivity index (χ1v) is 9.62. The Labute approximate surface area is 166 Å². The molecule has 1 aliphatic rings. The summed E-state index contributed by atoms with van der Waals surface area (Å²) in [5.41, 5.74) is 1.85. The standard InChI is InChI=1S/C22H27N3O3/c1-28-20-10-6-5-7-18(20)11-12-22(27)25-15-13-24(14-16-25)17-21(26)23-19-8-3-2-4-9-19/h2-10H,11-17H2,1H3,(H,23,26). The van der Waals surface area contributed by atoms with Crippen LogP contribution in [0.15, 0.2) is 54.6 Å². The van der Waals surface area contributed by atoms with E-state index in [1.54, 1.807) is 7.11 Å². The first-order valence-electron chi connectivity index (χ1n) is 9.62. The molecule has 1 aliphatic heterocycles. The lowest BCUT2D eigenvalue weighted by molar-refractivity contribution is -0.133. The molecule has 2 aromatic carbocycles. The van der Waals surface area contributed by atoms with Gasteiger partial charge in [0.25, 0.3) is 0 Å². The minimum absolute atomic E-state index is 0.0258. The van der Waals surface area contributed by atoms with Gasteiger partial charge in [0.1, 0.15) is 5.75 Å². The van der Waals surface area contributed by atoms with Crippen molar-refractivity contribution in [2.75, 3.05) is 45.2 Å². The summed E-state index contributed by atoms with van der Waals surface area (Å²) in [6, 6.07) is 17.2. The van der Waals surface area contributed by atoms with Crippen LogP contribution in [0.5, 0.6) is 5.75 Å². The van der Waals surface area contributed by atoms with Crippen molar-refractivity contribution < 1.29 is 14.3 Å². The van der Waals surface area contributed by atoms with E-state index < -0.39 is 0 Å². The van der Waals surface area contributed by atoms with Crippen molar-refractivity contribution in [2.24, 2.45) is 0 Å². The van der Waals surface area contributed by atoms with Crippen molar-refractivity contribution in [3.8, 4) is 5.75 Å². The minimum Gasteiger partial charge on any atom is -0.496 e. The maximum absolute atomic E-state index is 12.5. The first kappa shape index (κ1) is 19.9. The molecule has 28 heavy (non-hydrogen) atoms. The van der Waals surface area contributed by atoms with Crippen LogP contribution < -0.4 is 10.1 Å². The maximum Gasteiger partial charge on any atom is 0.238 e. The van der Waals surface area contributed by atoms with Crippen molar-refractivity contribution >= 4 is 17.5 Å². The van der Waals surface area contributed by atoms with Crippen LogP contribution in [0.1, 0.15) is 12.0 Å². The normalized spacial score (nSPS) is 14.5. The predicted octanol–water partition coefficient (Wildman–Crippen LogP) is 2.41. The van der Waals surface area contributed by atoms with E-state index in [1.807, 2.05) is 59.5 Å². The smallest absolute Gasteiger partial charge is 0.238 e. The van der Waals surface area contributed by atoms with Gasteiger partial charge in [0.05, 0.1) is 13.7 Å². The molecule has 6 heteroatoms. The molecule has 0 aliphatic carbocycles. The van der Waals surface area contributed by atoms with E-state index in [1.165, 1.54) is 0 Å². The molecular formula is C22H27N3O3.